The predicted molar refractivity (Wildman–Crippen MR) is 134 cm³/mol. The van der Waals surface area contributed by atoms with Gasteiger partial charge in [-0.15, -0.1) is 0 Å². The molecule has 0 aliphatic heterocycles. The Bertz CT molecular complexity index is 968. The first-order valence-corrected chi connectivity index (χ1v) is 11.4. The molecule has 2 atom stereocenters. The van der Waals surface area contributed by atoms with E-state index in [1.807, 2.05) is 25.1 Å². The highest BCUT2D eigenvalue weighted by Gasteiger charge is 2.23. The minimum Gasteiger partial charge on any atom is -0.497 e. The van der Waals surface area contributed by atoms with Crippen LogP contribution in [0.15, 0.2) is 72.8 Å². The van der Waals surface area contributed by atoms with Gasteiger partial charge in [0, 0.05) is 17.7 Å². The number of carbonyl (C=O) groups is 2. The molecule has 8 nitrogen and oxygen atoms in total. The van der Waals surface area contributed by atoms with Crippen LogP contribution < -0.4 is 14.8 Å². The molecule has 1 amide bonds. The molecule has 2 aromatic rings. The number of esters is 1. The third kappa shape index (κ3) is 9.93. The summed E-state index contributed by atoms with van der Waals surface area (Å²) >= 11 is 0. The lowest BCUT2D eigenvalue weighted by Gasteiger charge is -2.24. The van der Waals surface area contributed by atoms with Gasteiger partial charge in [0.05, 0.1) is 20.3 Å². The standard InChI is InChI=1S/C27H33NO7/c1-4-33-25(30)9-7-5-6-8-20(2)26(21-10-14-24(15-11-21)34-19-18-29)35-27(31)28-22-12-16-23(32-3)17-13-22/h5-7,9-17,20,26,29H,4,8,18-19H2,1-3H3,(H,28,31)/b6-5+,9-7+/t20-,26+/m1/s1. The fourth-order valence-corrected chi connectivity index (χ4v) is 3.19. The van der Waals surface area contributed by atoms with E-state index in [4.69, 9.17) is 24.1 Å². The normalized spacial score (nSPS) is 12.8. The molecule has 35 heavy (non-hydrogen) atoms. The second-order valence-electron chi connectivity index (χ2n) is 7.57. The maximum absolute atomic E-state index is 12.7. The van der Waals surface area contributed by atoms with Crippen molar-refractivity contribution < 1.29 is 33.6 Å². The molecule has 0 aliphatic rings. The third-order valence-corrected chi connectivity index (χ3v) is 4.93. The van der Waals surface area contributed by atoms with Crippen molar-refractivity contribution in [3.63, 3.8) is 0 Å². The molecule has 2 N–H and O–H groups in total. The summed E-state index contributed by atoms with van der Waals surface area (Å²) in [4.78, 5) is 24.1. The van der Waals surface area contributed by atoms with Crippen molar-refractivity contribution in [2.75, 3.05) is 32.2 Å². The summed E-state index contributed by atoms with van der Waals surface area (Å²) in [5.74, 6) is 0.821. The van der Waals surface area contributed by atoms with E-state index in [9.17, 15) is 9.59 Å². The number of nitrogens with one attached hydrogen (secondary N) is 1. The molecule has 0 saturated heterocycles. The van der Waals surface area contributed by atoms with Gasteiger partial charge < -0.3 is 24.1 Å². The summed E-state index contributed by atoms with van der Waals surface area (Å²) in [6, 6.07) is 14.2. The van der Waals surface area contributed by atoms with Gasteiger partial charge in [-0.25, -0.2) is 9.59 Å². The number of allylic oxidation sites excluding steroid dienone is 3. The maximum Gasteiger partial charge on any atom is 0.412 e. The number of ether oxygens (including phenoxy) is 4. The predicted octanol–water partition coefficient (Wildman–Crippen LogP) is 5.06. The molecular weight excluding hydrogens is 450 g/mol. The summed E-state index contributed by atoms with van der Waals surface area (Å²) in [7, 11) is 1.57. The van der Waals surface area contributed by atoms with E-state index in [1.54, 1.807) is 62.6 Å². The summed E-state index contributed by atoms with van der Waals surface area (Å²) < 4.78 is 21.2. The lowest BCUT2D eigenvalue weighted by atomic mass is 9.94. The molecule has 2 aromatic carbocycles. The van der Waals surface area contributed by atoms with Gasteiger partial charge in [0.1, 0.15) is 24.2 Å². The zero-order chi connectivity index (χ0) is 25.5. The number of methoxy groups -OCH3 is 1. The van der Waals surface area contributed by atoms with Crippen LogP contribution in [0.5, 0.6) is 11.5 Å². The van der Waals surface area contributed by atoms with E-state index in [0.717, 1.165) is 5.56 Å². The monoisotopic (exact) mass is 483 g/mol. The zero-order valence-electron chi connectivity index (χ0n) is 20.3. The van der Waals surface area contributed by atoms with E-state index in [-0.39, 0.29) is 19.1 Å². The van der Waals surface area contributed by atoms with Gasteiger partial charge in [-0.1, -0.05) is 37.3 Å². The van der Waals surface area contributed by atoms with E-state index >= 15 is 0 Å². The molecule has 0 heterocycles. The summed E-state index contributed by atoms with van der Waals surface area (Å²) in [6.45, 7) is 4.17. The van der Waals surface area contributed by atoms with Crippen LogP contribution in [0.1, 0.15) is 31.9 Å². The number of aliphatic hydroxyl groups is 1. The van der Waals surface area contributed by atoms with E-state index in [2.05, 4.69) is 5.32 Å². The van der Waals surface area contributed by atoms with Crippen molar-refractivity contribution >= 4 is 17.7 Å². The Morgan fingerprint density at radius 1 is 1.03 bits per heavy atom. The number of carbonyl (C=O) groups excluding carboxylic acids is 2. The summed E-state index contributed by atoms with van der Waals surface area (Å²) in [6.07, 6.45) is 6.09. The van der Waals surface area contributed by atoms with E-state index in [1.165, 1.54) is 6.08 Å². The van der Waals surface area contributed by atoms with Crippen LogP contribution in [0.2, 0.25) is 0 Å². The lowest BCUT2D eigenvalue weighted by Crippen LogP contribution is -2.21. The molecular formula is C27H33NO7. The SMILES string of the molecule is CCOC(=O)/C=C/C=C/C[C@@H](C)[C@H](OC(=O)Nc1ccc(OC)cc1)c1ccc(OCCO)cc1. The van der Waals surface area contributed by atoms with Gasteiger partial charge in [-0.3, -0.25) is 5.32 Å². The second-order valence-corrected chi connectivity index (χ2v) is 7.57. The van der Waals surface area contributed by atoms with Gasteiger partial charge in [0.15, 0.2) is 0 Å². The molecule has 0 bridgehead atoms. The average molecular weight is 484 g/mol. The Labute approximate surface area is 206 Å². The Morgan fingerprint density at radius 3 is 2.34 bits per heavy atom. The van der Waals surface area contributed by atoms with Gasteiger partial charge in [0.2, 0.25) is 0 Å². The van der Waals surface area contributed by atoms with Crippen LogP contribution in [0.3, 0.4) is 0 Å². The first-order valence-electron chi connectivity index (χ1n) is 11.4. The van der Waals surface area contributed by atoms with E-state index in [0.29, 0.717) is 30.2 Å². The molecule has 0 fully saturated rings. The number of hydrogen-bond acceptors (Lipinski definition) is 7. The minimum absolute atomic E-state index is 0.0759. The number of benzene rings is 2. The highest BCUT2D eigenvalue weighted by atomic mass is 16.6. The van der Waals surface area contributed by atoms with Crippen molar-refractivity contribution in [3.8, 4) is 11.5 Å². The highest BCUT2D eigenvalue weighted by molar-refractivity contribution is 5.84. The van der Waals surface area contributed by atoms with Crippen molar-refractivity contribution in [1.82, 2.24) is 0 Å². The third-order valence-electron chi connectivity index (χ3n) is 4.93. The molecule has 0 spiro atoms. The smallest absolute Gasteiger partial charge is 0.412 e. The first kappa shape index (κ1) is 27.5. The maximum atomic E-state index is 12.7. The number of aliphatic hydroxyl groups excluding tert-OH is 1. The quantitative estimate of drug-likeness (QED) is 0.233. The van der Waals surface area contributed by atoms with E-state index < -0.39 is 18.2 Å². The molecule has 0 aromatic heterocycles. The van der Waals surface area contributed by atoms with Gasteiger partial charge in [-0.2, -0.15) is 0 Å². The van der Waals surface area contributed by atoms with Crippen molar-refractivity contribution in [2.45, 2.75) is 26.4 Å². The van der Waals surface area contributed by atoms with Gasteiger partial charge in [0.25, 0.3) is 0 Å². The second kappa shape index (κ2) is 15.2. The number of hydrogen-bond donors (Lipinski definition) is 2. The topological polar surface area (TPSA) is 103 Å². The largest absolute Gasteiger partial charge is 0.497 e. The molecule has 2 rings (SSSR count). The Hall–Kier alpha value is -3.78. The number of anilines is 1. The van der Waals surface area contributed by atoms with Gasteiger partial charge in [-0.05, 0) is 55.3 Å². The number of rotatable bonds is 13. The fourth-order valence-electron chi connectivity index (χ4n) is 3.19. The van der Waals surface area contributed by atoms with Crippen LogP contribution in [-0.4, -0.2) is 44.1 Å². The Morgan fingerprint density at radius 2 is 1.71 bits per heavy atom. The van der Waals surface area contributed by atoms with Crippen LogP contribution in [0.4, 0.5) is 10.5 Å². The first-order chi connectivity index (χ1) is 17.0. The number of amides is 1. The molecule has 0 aliphatic carbocycles. The molecule has 0 saturated carbocycles. The molecule has 0 radical (unpaired) electrons. The van der Waals surface area contributed by atoms with Crippen molar-refractivity contribution in [2.24, 2.45) is 5.92 Å². The fraction of sp³-hybridized carbons (Fsp3) is 0.333. The summed E-state index contributed by atoms with van der Waals surface area (Å²) in [5, 5.41) is 11.7. The van der Waals surface area contributed by atoms with Crippen molar-refractivity contribution in [1.29, 1.82) is 0 Å². The van der Waals surface area contributed by atoms with Crippen molar-refractivity contribution in [3.05, 3.63) is 78.4 Å². The Kier molecular flexibility index (Phi) is 11.9. The van der Waals surface area contributed by atoms with Crippen LogP contribution in [0, 0.1) is 5.92 Å². The van der Waals surface area contributed by atoms with Crippen LogP contribution in [0.25, 0.3) is 0 Å². The minimum atomic E-state index is -0.584. The highest BCUT2D eigenvalue weighted by Crippen LogP contribution is 2.31. The van der Waals surface area contributed by atoms with Crippen LogP contribution >= 0.6 is 0 Å². The zero-order valence-corrected chi connectivity index (χ0v) is 20.3. The molecule has 188 valence electrons. The molecule has 8 heteroatoms. The van der Waals surface area contributed by atoms with Crippen LogP contribution in [-0.2, 0) is 14.3 Å². The average Bonchev–Trinajstić information content (AvgIpc) is 2.86. The lowest BCUT2D eigenvalue weighted by molar-refractivity contribution is -0.137. The Balaban J connectivity index is 2.10. The van der Waals surface area contributed by atoms with Gasteiger partial charge >= 0.3 is 12.1 Å². The molecule has 0 unspecified atom stereocenters. The summed E-state index contributed by atoms with van der Waals surface area (Å²) in [5.41, 5.74) is 1.38.